The second-order valence-corrected chi connectivity index (χ2v) is 7.52. The summed E-state index contributed by atoms with van der Waals surface area (Å²) in [5.41, 5.74) is 3.03. The average Bonchev–Trinajstić information content (AvgIpc) is 3.06. The Hall–Kier alpha value is -3.53. The maximum atomic E-state index is 12.2. The van der Waals surface area contributed by atoms with Crippen LogP contribution in [0.2, 0.25) is 0 Å². The second-order valence-electron chi connectivity index (χ2n) is 6.58. The molecule has 152 valence electrons. The average molecular weight is 422 g/mol. The number of fused-ring (bicyclic) bond motifs is 3. The number of carbonyl (C=O) groups excluding carboxylic acids is 1. The third kappa shape index (κ3) is 3.94. The number of rotatable bonds is 7. The Morgan fingerprint density at radius 3 is 2.67 bits per heavy atom. The van der Waals surface area contributed by atoms with Gasteiger partial charge in [0.25, 0.3) is 5.69 Å². The molecule has 4 aromatic rings. The largest absolute Gasteiger partial charge is 0.325 e. The number of carbonyl (C=O) groups is 1. The fourth-order valence-corrected chi connectivity index (χ4v) is 3.78. The van der Waals surface area contributed by atoms with Gasteiger partial charge >= 0.3 is 0 Å². The number of non-ortho nitro benzene ring substituents is 1. The highest BCUT2D eigenvalue weighted by Gasteiger charge is 2.15. The Kier molecular flexibility index (Phi) is 5.57. The maximum Gasteiger partial charge on any atom is 0.269 e. The third-order valence-electron chi connectivity index (χ3n) is 4.50. The summed E-state index contributed by atoms with van der Waals surface area (Å²) in [5.74, 6) is -0.162. The van der Waals surface area contributed by atoms with E-state index in [0.717, 1.165) is 35.0 Å². The Bertz CT molecular complexity index is 1240. The van der Waals surface area contributed by atoms with Gasteiger partial charge in [0.15, 0.2) is 5.65 Å². The molecule has 0 spiro atoms. The molecule has 0 atom stereocenters. The number of amides is 1. The van der Waals surface area contributed by atoms with Crippen molar-refractivity contribution in [1.29, 1.82) is 0 Å². The summed E-state index contributed by atoms with van der Waals surface area (Å²) in [6.45, 7) is 2.92. The molecule has 0 saturated carbocycles. The molecule has 30 heavy (non-hydrogen) atoms. The number of aromatic nitrogens is 4. The molecule has 1 amide bonds. The van der Waals surface area contributed by atoms with E-state index in [4.69, 9.17) is 0 Å². The SMILES string of the molecule is CCCn1c2ccccc2c2nnc(SCC(=O)Nc3ccc([N+](=O)[O-])cc3)nc21. The molecule has 0 aliphatic heterocycles. The Morgan fingerprint density at radius 2 is 1.93 bits per heavy atom. The second kappa shape index (κ2) is 8.46. The Morgan fingerprint density at radius 1 is 1.17 bits per heavy atom. The fourth-order valence-electron chi connectivity index (χ4n) is 3.19. The lowest BCUT2D eigenvalue weighted by atomic mass is 10.2. The summed E-state index contributed by atoms with van der Waals surface area (Å²) < 4.78 is 2.13. The van der Waals surface area contributed by atoms with Gasteiger partial charge in [0.2, 0.25) is 11.1 Å². The molecule has 2 aromatic heterocycles. The van der Waals surface area contributed by atoms with Crippen LogP contribution in [0.5, 0.6) is 0 Å². The molecule has 2 heterocycles. The van der Waals surface area contributed by atoms with E-state index < -0.39 is 4.92 Å². The summed E-state index contributed by atoms with van der Waals surface area (Å²) in [5, 5.41) is 23.4. The van der Waals surface area contributed by atoms with Gasteiger partial charge in [0.1, 0.15) is 5.52 Å². The van der Waals surface area contributed by atoms with E-state index in [-0.39, 0.29) is 17.3 Å². The zero-order chi connectivity index (χ0) is 21.1. The van der Waals surface area contributed by atoms with Crippen molar-refractivity contribution in [3.63, 3.8) is 0 Å². The van der Waals surface area contributed by atoms with Crippen LogP contribution in [0, 0.1) is 10.1 Å². The van der Waals surface area contributed by atoms with Crippen molar-refractivity contribution in [1.82, 2.24) is 19.7 Å². The van der Waals surface area contributed by atoms with E-state index in [2.05, 4.69) is 32.0 Å². The van der Waals surface area contributed by atoms with Crippen LogP contribution in [0.1, 0.15) is 13.3 Å². The number of nitrogens with one attached hydrogen (secondary N) is 1. The fraction of sp³-hybridized carbons (Fsp3) is 0.200. The molecule has 1 N–H and O–H groups in total. The van der Waals surface area contributed by atoms with Crippen LogP contribution in [0.4, 0.5) is 11.4 Å². The summed E-state index contributed by atoms with van der Waals surface area (Å²) in [6, 6.07) is 13.7. The number of benzene rings is 2. The van der Waals surface area contributed by atoms with Crippen molar-refractivity contribution in [3.8, 4) is 0 Å². The molecule has 2 aromatic carbocycles. The number of nitro benzene ring substituents is 1. The number of para-hydroxylation sites is 1. The van der Waals surface area contributed by atoms with E-state index in [1.54, 1.807) is 0 Å². The molecule has 9 nitrogen and oxygen atoms in total. The van der Waals surface area contributed by atoms with Crippen LogP contribution in [0.15, 0.2) is 53.7 Å². The minimum absolute atomic E-state index is 0.0300. The van der Waals surface area contributed by atoms with Crippen molar-refractivity contribution >= 4 is 51.1 Å². The van der Waals surface area contributed by atoms with E-state index in [1.807, 2.05) is 24.3 Å². The van der Waals surface area contributed by atoms with Crippen molar-refractivity contribution < 1.29 is 9.72 Å². The van der Waals surface area contributed by atoms with Gasteiger partial charge < -0.3 is 9.88 Å². The Balaban J connectivity index is 1.50. The first-order chi connectivity index (χ1) is 14.6. The zero-order valence-corrected chi connectivity index (χ0v) is 16.9. The van der Waals surface area contributed by atoms with Crippen molar-refractivity contribution in [2.45, 2.75) is 25.0 Å². The monoisotopic (exact) mass is 422 g/mol. The summed E-state index contributed by atoms with van der Waals surface area (Å²) >= 11 is 1.19. The number of anilines is 1. The molecule has 4 rings (SSSR count). The predicted molar refractivity (Wildman–Crippen MR) is 116 cm³/mol. The minimum Gasteiger partial charge on any atom is -0.325 e. The lowest BCUT2D eigenvalue weighted by Gasteiger charge is -2.05. The van der Waals surface area contributed by atoms with Gasteiger partial charge in [-0.25, -0.2) is 4.98 Å². The van der Waals surface area contributed by atoms with E-state index in [0.29, 0.717) is 10.8 Å². The molecule has 0 radical (unpaired) electrons. The molecular formula is C20H18N6O3S. The van der Waals surface area contributed by atoms with Crippen LogP contribution in [0.25, 0.3) is 22.1 Å². The first kappa shape index (κ1) is 19.8. The normalized spacial score (nSPS) is 11.1. The van der Waals surface area contributed by atoms with Gasteiger partial charge in [-0.2, -0.15) is 0 Å². The van der Waals surface area contributed by atoms with E-state index >= 15 is 0 Å². The minimum atomic E-state index is -0.486. The van der Waals surface area contributed by atoms with Gasteiger partial charge in [-0.15, -0.1) is 10.2 Å². The van der Waals surface area contributed by atoms with E-state index in [9.17, 15) is 14.9 Å². The first-order valence-corrected chi connectivity index (χ1v) is 10.3. The predicted octanol–water partition coefficient (Wildman–Crippen LogP) is 4.03. The molecule has 0 bridgehead atoms. The highest BCUT2D eigenvalue weighted by atomic mass is 32.2. The molecule has 10 heteroatoms. The van der Waals surface area contributed by atoms with Gasteiger partial charge in [0, 0.05) is 29.8 Å². The van der Waals surface area contributed by atoms with Crippen LogP contribution in [-0.4, -0.2) is 36.3 Å². The van der Waals surface area contributed by atoms with Gasteiger partial charge in [-0.05, 0) is 24.6 Å². The smallest absolute Gasteiger partial charge is 0.269 e. The molecule has 0 saturated heterocycles. The third-order valence-corrected chi connectivity index (χ3v) is 5.33. The van der Waals surface area contributed by atoms with Crippen LogP contribution < -0.4 is 5.32 Å². The quantitative estimate of drug-likeness (QED) is 0.271. The summed E-state index contributed by atoms with van der Waals surface area (Å²) in [4.78, 5) is 27.1. The summed E-state index contributed by atoms with van der Waals surface area (Å²) in [7, 11) is 0. The van der Waals surface area contributed by atoms with Crippen LogP contribution in [-0.2, 0) is 11.3 Å². The zero-order valence-electron chi connectivity index (χ0n) is 16.1. The standard InChI is InChI=1S/C20H18N6O3S/c1-2-11-25-16-6-4-3-5-15(16)18-19(25)22-20(24-23-18)30-12-17(27)21-13-7-9-14(10-8-13)26(28)29/h3-10H,2,11-12H2,1H3,(H,21,27). The number of thioether (sulfide) groups is 1. The molecule has 0 aliphatic rings. The topological polar surface area (TPSA) is 116 Å². The van der Waals surface area contributed by atoms with Crippen molar-refractivity contribution in [2.24, 2.45) is 0 Å². The Labute approximate surface area is 175 Å². The molecule has 0 fully saturated rings. The van der Waals surface area contributed by atoms with E-state index in [1.165, 1.54) is 36.0 Å². The number of hydrogen-bond acceptors (Lipinski definition) is 7. The molecule has 0 unspecified atom stereocenters. The highest BCUT2D eigenvalue weighted by Crippen LogP contribution is 2.27. The number of aryl methyl sites for hydroxylation is 1. The maximum absolute atomic E-state index is 12.2. The van der Waals surface area contributed by atoms with Gasteiger partial charge in [-0.3, -0.25) is 14.9 Å². The summed E-state index contributed by atoms with van der Waals surface area (Å²) in [6.07, 6.45) is 0.956. The van der Waals surface area contributed by atoms with Crippen LogP contribution in [0.3, 0.4) is 0 Å². The van der Waals surface area contributed by atoms with Gasteiger partial charge in [-0.1, -0.05) is 36.9 Å². The van der Waals surface area contributed by atoms with Crippen LogP contribution >= 0.6 is 11.8 Å². The number of nitro groups is 1. The first-order valence-electron chi connectivity index (χ1n) is 9.35. The van der Waals surface area contributed by atoms with Crippen molar-refractivity contribution in [3.05, 3.63) is 58.6 Å². The lowest BCUT2D eigenvalue weighted by molar-refractivity contribution is -0.384. The highest BCUT2D eigenvalue weighted by molar-refractivity contribution is 7.99. The number of nitrogens with zero attached hydrogens (tertiary/aromatic N) is 5. The van der Waals surface area contributed by atoms with Crippen molar-refractivity contribution in [2.75, 3.05) is 11.1 Å². The number of hydrogen-bond donors (Lipinski definition) is 1. The van der Waals surface area contributed by atoms with Gasteiger partial charge in [0.05, 0.1) is 16.2 Å². The lowest BCUT2D eigenvalue weighted by Crippen LogP contribution is -2.14. The molecule has 0 aliphatic carbocycles. The molecular weight excluding hydrogens is 404 g/mol.